The molecule has 0 fully saturated rings. The summed E-state index contributed by atoms with van der Waals surface area (Å²) >= 11 is 0. The summed E-state index contributed by atoms with van der Waals surface area (Å²) in [6.45, 7) is 13.0. The number of benzene rings is 18. The van der Waals surface area contributed by atoms with Crippen LogP contribution in [0.5, 0.6) is 11.5 Å². The minimum Gasteiger partial charge on any atom is -0.496 e. The summed E-state index contributed by atoms with van der Waals surface area (Å²) in [4.78, 5) is 14.2. The van der Waals surface area contributed by atoms with Crippen LogP contribution >= 0.6 is 0 Å². The first-order valence-electron chi connectivity index (χ1n) is 45.3. The van der Waals surface area contributed by atoms with Crippen molar-refractivity contribution in [2.24, 2.45) is 5.10 Å². The normalized spacial score (nSPS) is 11.7. The molecule has 5 heterocycles. The monoisotopic (exact) mass is 1740 g/mol. The topological polar surface area (TPSA) is 107 Å². The number of methoxy groups -OCH3 is 2. The zero-order chi connectivity index (χ0) is 91.0. The van der Waals surface area contributed by atoms with Gasteiger partial charge < -0.3 is 41.8 Å². The molecule has 0 saturated heterocycles. The molecule has 23 rings (SSSR count). The molecule has 0 spiro atoms. The number of nitrogens with zero attached hydrogens (tertiary/aromatic N) is 9. The lowest BCUT2D eigenvalue weighted by Crippen LogP contribution is -2.12. The van der Waals surface area contributed by atoms with Crippen LogP contribution in [0.2, 0.25) is 0 Å². The van der Waals surface area contributed by atoms with Crippen LogP contribution in [-0.2, 0) is 10.8 Å². The lowest BCUT2D eigenvalue weighted by Gasteiger charge is -2.26. The molecule has 0 aliphatic heterocycles. The van der Waals surface area contributed by atoms with E-state index < -0.39 is 0 Å². The maximum absolute atomic E-state index is 6.12. The molecule has 23 aromatic rings. The molecule has 13 heteroatoms. The van der Waals surface area contributed by atoms with E-state index in [1.807, 2.05) is 96.2 Å². The number of anilines is 8. The second kappa shape index (κ2) is 35.8. The number of fused-ring (bicyclic) bond motifs is 11. The van der Waals surface area contributed by atoms with E-state index in [1.54, 1.807) is 14.2 Å². The Morgan fingerprint density at radius 3 is 0.791 bits per heavy atom. The summed E-state index contributed by atoms with van der Waals surface area (Å²) in [7, 11) is 3.37. The quantitative estimate of drug-likeness (QED) is 0.0613. The predicted molar refractivity (Wildman–Crippen MR) is 556 cm³/mol. The van der Waals surface area contributed by atoms with Crippen molar-refractivity contribution >= 4 is 139 Å². The Morgan fingerprint density at radius 1 is 0.269 bits per heavy atom. The second-order valence-electron chi connectivity index (χ2n) is 35.6. The third-order valence-corrected chi connectivity index (χ3v) is 25.0. The number of hydrogen-bond donors (Lipinski definition) is 0. The number of para-hydroxylation sites is 10. The number of aromatic nitrogens is 5. The predicted octanol–water partition coefficient (Wildman–Crippen LogP) is 32.4. The highest BCUT2D eigenvalue weighted by molar-refractivity contribution is 6.12. The Kier molecular flexibility index (Phi) is 22.4. The summed E-state index contributed by atoms with van der Waals surface area (Å²) in [5.41, 5.74) is 29.4. The minimum atomic E-state index is -0.0698. The van der Waals surface area contributed by atoms with E-state index >= 15 is 0 Å². The van der Waals surface area contributed by atoms with Crippen LogP contribution in [0.25, 0.3) is 139 Å². The van der Waals surface area contributed by atoms with Gasteiger partial charge in [0.2, 0.25) is 11.8 Å². The third kappa shape index (κ3) is 16.4. The zero-order valence-corrected chi connectivity index (χ0v) is 75.8. The van der Waals surface area contributed by atoms with Gasteiger partial charge in [0.25, 0.3) is 0 Å². The molecule has 134 heavy (non-hydrogen) atoms. The molecule has 0 amide bonds. The SMILES string of the molecule is C(=NN(c1ccccc1)c1ccccc1)c1ccc(N(c2ccccc2)c2ccccc2)cc1.COc1cc2oc(-c3ccc(-c4ccc(-c5nc6cc(C(C)(C)C)c(OC)cc6o5)cc4)cc3)nc2cc1C(C)(C)C.c1ccc2c(c1)c1ccccc1n2-c1ccc(N(c2ccc(-n3c4ccccc4c4ccccc43)cc2)c2ccc(-n3c4ccccc4c4ccccc43)cc2)cc1. The van der Waals surface area contributed by atoms with E-state index in [4.69, 9.17) is 33.4 Å². The van der Waals surface area contributed by atoms with Crippen molar-refractivity contribution in [3.63, 3.8) is 0 Å². The first-order valence-corrected chi connectivity index (χ1v) is 45.3. The molecule has 650 valence electrons. The van der Waals surface area contributed by atoms with Gasteiger partial charge in [-0.25, -0.2) is 15.0 Å². The van der Waals surface area contributed by atoms with Gasteiger partial charge in [0.05, 0.1) is 64.9 Å². The summed E-state index contributed by atoms with van der Waals surface area (Å²) in [5, 5.41) is 14.3. The zero-order valence-electron chi connectivity index (χ0n) is 75.8. The van der Waals surface area contributed by atoms with Crippen LogP contribution in [0.1, 0.15) is 58.2 Å². The van der Waals surface area contributed by atoms with Crippen molar-refractivity contribution < 1.29 is 18.3 Å². The molecule has 13 nitrogen and oxygen atoms in total. The molecular weight excluding hydrogens is 1640 g/mol. The third-order valence-electron chi connectivity index (χ3n) is 25.0. The second-order valence-corrected chi connectivity index (χ2v) is 35.6. The van der Waals surface area contributed by atoms with Gasteiger partial charge in [-0.2, -0.15) is 5.10 Å². The van der Waals surface area contributed by atoms with E-state index in [0.717, 1.165) is 124 Å². The molecule has 0 N–H and O–H groups in total. The summed E-state index contributed by atoms with van der Waals surface area (Å²) in [6.07, 6.45) is 1.90. The first-order chi connectivity index (χ1) is 65.6. The van der Waals surface area contributed by atoms with E-state index in [1.165, 1.54) is 65.4 Å². The fraction of sp³-hybridized carbons (Fsp3) is 0.0826. The number of ether oxygens (including phenoxy) is 2. The molecule has 0 unspecified atom stereocenters. The fourth-order valence-electron chi connectivity index (χ4n) is 18.4. The Labute approximate surface area is 778 Å². The van der Waals surface area contributed by atoms with E-state index in [-0.39, 0.29) is 10.8 Å². The smallest absolute Gasteiger partial charge is 0.227 e. The number of oxazole rings is 2. The van der Waals surface area contributed by atoms with Crippen LogP contribution in [-0.4, -0.2) is 44.1 Å². The van der Waals surface area contributed by atoms with Gasteiger partial charge >= 0.3 is 0 Å². The average Bonchev–Trinajstić information content (AvgIpc) is 1.60. The van der Waals surface area contributed by atoms with Crippen LogP contribution < -0.4 is 24.3 Å². The highest BCUT2D eigenvalue weighted by atomic mass is 16.5. The first kappa shape index (κ1) is 83.9. The van der Waals surface area contributed by atoms with Crippen LogP contribution in [0.4, 0.5) is 45.5 Å². The molecule has 0 atom stereocenters. The fourth-order valence-corrected chi connectivity index (χ4v) is 18.4. The molecule has 0 saturated carbocycles. The van der Waals surface area contributed by atoms with Gasteiger partial charge in [0.1, 0.15) is 22.5 Å². The van der Waals surface area contributed by atoms with Gasteiger partial charge in [-0.1, -0.05) is 260 Å². The number of hydrogen-bond acceptors (Lipinski definition) is 10. The molecule has 18 aromatic carbocycles. The molecule has 0 aliphatic rings. The molecule has 0 aliphatic carbocycles. The lowest BCUT2D eigenvalue weighted by atomic mass is 9.86. The summed E-state index contributed by atoms with van der Waals surface area (Å²) in [6, 6.07) is 153. The van der Waals surface area contributed by atoms with Gasteiger partial charge in [-0.05, 0) is 234 Å². The number of rotatable bonds is 18. The molecule has 0 radical (unpaired) electrons. The van der Waals surface area contributed by atoms with Gasteiger partial charge in [0, 0.05) is 118 Å². The summed E-state index contributed by atoms with van der Waals surface area (Å²) < 4.78 is 30.6. The van der Waals surface area contributed by atoms with Gasteiger partial charge in [-0.15, -0.1) is 0 Å². The molecule has 0 bridgehead atoms. The summed E-state index contributed by atoms with van der Waals surface area (Å²) in [5.74, 6) is 2.79. The standard InChI is InChI=1S/C54H36N4.C36H36N2O4.C31H25N3/c1-7-19-49-43(13-1)44-14-2-8-20-50(44)56(49)40-31-25-37(26-32-40)55(38-27-33-41(34-28-38)57-51-21-9-3-15-45(51)46-16-4-10-22-52(46)57)39-29-35-42(36-30-39)58-53-23-11-5-17-47(53)48-18-6-12-24-54(48)58;1-35(2,3)25-17-27-31(19-29(25)39-7)41-33(37-27)23-13-9-21(10-14-23)22-11-15-24(16-12-22)34-38-28-18-26(36(4,5)6)30(40-8)20-32(28)42-34;1-5-13-27(14-6-1)33(28-15-7-2-8-16-28)29-23-21-26(22-24-29)25-32-34(30-17-9-3-10-18-30)31-19-11-4-12-20-31/h1-36H;9-20H,1-8H3;1-25H. The van der Waals surface area contributed by atoms with Gasteiger partial charge in [-0.3, -0.25) is 0 Å². The van der Waals surface area contributed by atoms with Crippen molar-refractivity contribution in [1.82, 2.24) is 23.7 Å². The maximum atomic E-state index is 6.12. The molecule has 5 aromatic heterocycles. The Hall–Kier alpha value is -17.0. The van der Waals surface area contributed by atoms with Crippen molar-refractivity contribution in [3.05, 3.63) is 453 Å². The maximum Gasteiger partial charge on any atom is 0.227 e. The van der Waals surface area contributed by atoms with Crippen LogP contribution in [0.15, 0.2) is 451 Å². The Morgan fingerprint density at radius 2 is 0.515 bits per heavy atom. The van der Waals surface area contributed by atoms with Crippen LogP contribution in [0.3, 0.4) is 0 Å². The van der Waals surface area contributed by atoms with Crippen molar-refractivity contribution in [2.75, 3.05) is 29.0 Å². The van der Waals surface area contributed by atoms with Crippen molar-refractivity contribution in [1.29, 1.82) is 0 Å². The Balaban J connectivity index is 0.000000126. The number of hydrazone groups is 1. The highest BCUT2D eigenvalue weighted by Gasteiger charge is 2.26. The van der Waals surface area contributed by atoms with Crippen LogP contribution in [0, 0.1) is 0 Å². The van der Waals surface area contributed by atoms with Gasteiger partial charge in [0.15, 0.2) is 11.2 Å². The highest BCUT2D eigenvalue weighted by Crippen LogP contribution is 2.45. The van der Waals surface area contributed by atoms with Crippen molar-refractivity contribution in [2.45, 2.75) is 52.4 Å². The molecular formula is C121H97N9O4. The van der Waals surface area contributed by atoms with E-state index in [9.17, 15) is 0 Å². The van der Waals surface area contributed by atoms with E-state index in [2.05, 4.69) is 417 Å². The minimum absolute atomic E-state index is 0.0698. The largest absolute Gasteiger partial charge is 0.496 e. The average molecular weight is 1740 g/mol. The Bertz CT molecular complexity index is 7420. The lowest BCUT2D eigenvalue weighted by molar-refractivity contribution is 0.397. The van der Waals surface area contributed by atoms with E-state index in [0.29, 0.717) is 22.9 Å². The van der Waals surface area contributed by atoms with Crippen molar-refractivity contribution in [3.8, 4) is 62.6 Å².